The summed E-state index contributed by atoms with van der Waals surface area (Å²) in [5, 5.41) is 12.5. The van der Waals surface area contributed by atoms with E-state index in [2.05, 4.69) is 5.32 Å². The van der Waals surface area contributed by atoms with Gasteiger partial charge in [-0.05, 0) is 25.5 Å². The average molecular weight is 262 g/mol. The Balaban J connectivity index is 2.05. The van der Waals surface area contributed by atoms with Crippen LogP contribution in [0.5, 0.6) is 5.75 Å². The van der Waals surface area contributed by atoms with E-state index in [1.807, 2.05) is 0 Å². The highest BCUT2D eigenvalue weighted by Gasteiger charge is 2.24. The van der Waals surface area contributed by atoms with Gasteiger partial charge >= 0.3 is 0 Å². The fourth-order valence-corrected chi connectivity index (χ4v) is 2.26. The maximum Gasteiger partial charge on any atom is 0.251 e. The third-order valence-corrected chi connectivity index (χ3v) is 3.51. The molecule has 1 aliphatic heterocycles. The molecule has 1 aromatic rings. The summed E-state index contributed by atoms with van der Waals surface area (Å²) >= 11 is 0. The van der Waals surface area contributed by atoms with Gasteiger partial charge in [-0.3, -0.25) is 9.59 Å². The first-order valence-corrected chi connectivity index (χ1v) is 6.32. The van der Waals surface area contributed by atoms with Gasteiger partial charge < -0.3 is 15.3 Å². The molecular weight excluding hydrogens is 244 g/mol. The van der Waals surface area contributed by atoms with Gasteiger partial charge in [-0.1, -0.05) is 6.07 Å². The number of rotatable bonds is 2. The van der Waals surface area contributed by atoms with Crippen molar-refractivity contribution in [3.05, 3.63) is 29.3 Å². The number of carbonyl (C=O) groups excluding carboxylic acids is 2. The van der Waals surface area contributed by atoms with Crippen molar-refractivity contribution in [1.29, 1.82) is 0 Å². The summed E-state index contributed by atoms with van der Waals surface area (Å²) in [6.45, 7) is 2.24. The highest BCUT2D eigenvalue weighted by Crippen LogP contribution is 2.20. The lowest BCUT2D eigenvalue weighted by molar-refractivity contribution is -0.132. The van der Waals surface area contributed by atoms with Crippen LogP contribution in [0, 0.1) is 6.92 Å². The number of nitrogens with zero attached hydrogens (tertiary/aromatic N) is 1. The van der Waals surface area contributed by atoms with Crippen LogP contribution in [-0.2, 0) is 4.79 Å². The van der Waals surface area contributed by atoms with Crippen molar-refractivity contribution in [3.63, 3.8) is 0 Å². The zero-order chi connectivity index (χ0) is 14.0. The molecule has 0 saturated carbocycles. The van der Waals surface area contributed by atoms with Gasteiger partial charge in [0.15, 0.2) is 0 Å². The molecule has 19 heavy (non-hydrogen) atoms. The van der Waals surface area contributed by atoms with Gasteiger partial charge in [-0.25, -0.2) is 0 Å². The Bertz CT molecular complexity index is 513. The molecule has 1 aromatic carbocycles. The Kier molecular flexibility index (Phi) is 3.74. The zero-order valence-corrected chi connectivity index (χ0v) is 11.1. The van der Waals surface area contributed by atoms with Gasteiger partial charge in [-0.15, -0.1) is 0 Å². The van der Waals surface area contributed by atoms with Gasteiger partial charge in [0, 0.05) is 37.2 Å². The summed E-state index contributed by atoms with van der Waals surface area (Å²) in [5.41, 5.74) is 1.04. The predicted octanol–water partition coefficient (Wildman–Crippen LogP) is 1.05. The maximum atomic E-state index is 12.1. The number of carbonyl (C=O) groups is 2. The first-order valence-electron chi connectivity index (χ1n) is 6.32. The van der Waals surface area contributed by atoms with Crippen LogP contribution in [0.2, 0.25) is 0 Å². The van der Waals surface area contributed by atoms with E-state index in [1.54, 1.807) is 37.1 Å². The first-order chi connectivity index (χ1) is 8.99. The monoisotopic (exact) mass is 262 g/mol. The summed E-state index contributed by atoms with van der Waals surface area (Å²) in [7, 11) is 1.74. The highest BCUT2D eigenvalue weighted by atomic mass is 16.3. The average Bonchev–Trinajstić information content (AvgIpc) is 2.37. The lowest BCUT2D eigenvalue weighted by Crippen LogP contribution is -2.48. The number of benzene rings is 1. The fraction of sp³-hybridized carbons (Fsp3) is 0.429. The highest BCUT2D eigenvalue weighted by molar-refractivity contribution is 5.96. The van der Waals surface area contributed by atoms with Crippen molar-refractivity contribution in [2.24, 2.45) is 0 Å². The number of phenolic OH excluding ortho intramolecular Hbond substituents is 1. The van der Waals surface area contributed by atoms with Crippen LogP contribution in [0.15, 0.2) is 18.2 Å². The van der Waals surface area contributed by atoms with Gasteiger partial charge in [-0.2, -0.15) is 0 Å². The Labute approximate surface area is 112 Å². The third-order valence-electron chi connectivity index (χ3n) is 3.51. The quantitative estimate of drug-likeness (QED) is 0.837. The van der Waals surface area contributed by atoms with Gasteiger partial charge in [0.05, 0.1) is 0 Å². The molecule has 1 fully saturated rings. The van der Waals surface area contributed by atoms with Crippen molar-refractivity contribution in [1.82, 2.24) is 10.2 Å². The predicted molar refractivity (Wildman–Crippen MR) is 71.0 cm³/mol. The molecule has 5 nitrogen and oxygen atoms in total. The van der Waals surface area contributed by atoms with Crippen molar-refractivity contribution in [3.8, 4) is 5.75 Å². The number of phenols is 1. The molecule has 0 aromatic heterocycles. The maximum absolute atomic E-state index is 12.1. The largest absolute Gasteiger partial charge is 0.508 e. The molecule has 1 unspecified atom stereocenters. The Hall–Kier alpha value is -2.04. The Morgan fingerprint density at radius 2 is 2.21 bits per heavy atom. The van der Waals surface area contributed by atoms with Gasteiger partial charge in [0.1, 0.15) is 5.75 Å². The molecule has 2 N–H and O–H groups in total. The van der Waals surface area contributed by atoms with Gasteiger partial charge in [0.2, 0.25) is 5.91 Å². The normalized spacial score (nSPS) is 19.4. The van der Waals surface area contributed by atoms with Crippen LogP contribution in [0.3, 0.4) is 0 Å². The number of amides is 2. The molecule has 0 aliphatic carbocycles. The standard InChI is InChI=1S/C14H18N2O3/c1-9-11(4-3-5-12(9)17)14(19)15-10-6-7-13(18)16(2)8-10/h3-5,10,17H,6-8H2,1-2H3,(H,15,19). The molecule has 5 heteroatoms. The van der Waals surface area contributed by atoms with E-state index in [0.29, 0.717) is 30.5 Å². The lowest BCUT2D eigenvalue weighted by Gasteiger charge is -2.30. The summed E-state index contributed by atoms with van der Waals surface area (Å²) in [5.74, 6) is 0.0174. The van der Waals surface area contributed by atoms with Crippen molar-refractivity contribution < 1.29 is 14.7 Å². The molecule has 0 radical (unpaired) electrons. The lowest BCUT2D eigenvalue weighted by atomic mass is 10.0. The molecule has 1 aliphatic rings. The summed E-state index contributed by atoms with van der Waals surface area (Å²) in [4.78, 5) is 25.2. The molecular formula is C14H18N2O3. The van der Waals surface area contributed by atoms with Crippen molar-refractivity contribution >= 4 is 11.8 Å². The number of aromatic hydroxyl groups is 1. The fourth-order valence-electron chi connectivity index (χ4n) is 2.26. The molecule has 0 spiro atoms. The molecule has 1 heterocycles. The Morgan fingerprint density at radius 1 is 1.47 bits per heavy atom. The first kappa shape index (κ1) is 13.4. The summed E-state index contributed by atoms with van der Waals surface area (Å²) < 4.78 is 0. The van der Waals surface area contributed by atoms with Crippen LogP contribution in [-0.4, -0.2) is 41.5 Å². The van der Waals surface area contributed by atoms with Crippen LogP contribution in [0.25, 0.3) is 0 Å². The van der Waals surface area contributed by atoms with Crippen LogP contribution in [0.4, 0.5) is 0 Å². The van der Waals surface area contributed by atoms with E-state index < -0.39 is 0 Å². The van der Waals surface area contributed by atoms with Crippen molar-refractivity contribution in [2.75, 3.05) is 13.6 Å². The SMILES string of the molecule is Cc1c(O)cccc1C(=O)NC1CCC(=O)N(C)C1. The topological polar surface area (TPSA) is 69.6 Å². The second-order valence-corrected chi connectivity index (χ2v) is 4.93. The third kappa shape index (κ3) is 2.86. The van der Waals surface area contributed by atoms with Crippen LogP contribution in [0.1, 0.15) is 28.8 Å². The van der Waals surface area contributed by atoms with E-state index in [1.165, 1.54) is 0 Å². The minimum atomic E-state index is -0.207. The number of nitrogens with one attached hydrogen (secondary N) is 1. The number of likely N-dealkylation sites (tertiary alicyclic amines) is 1. The summed E-state index contributed by atoms with van der Waals surface area (Å²) in [6, 6.07) is 4.85. The van der Waals surface area contributed by atoms with Gasteiger partial charge in [0.25, 0.3) is 5.91 Å². The van der Waals surface area contributed by atoms with E-state index >= 15 is 0 Å². The smallest absolute Gasteiger partial charge is 0.251 e. The number of likely N-dealkylation sites (N-methyl/N-ethyl adjacent to an activating group) is 1. The Morgan fingerprint density at radius 3 is 2.89 bits per heavy atom. The van der Waals surface area contributed by atoms with E-state index in [0.717, 1.165) is 0 Å². The zero-order valence-electron chi connectivity index (χ0n) is 11.1. The molecule has 102 valence electrons. The molecule has 2 amide bonds. The van der Waals surface area contributed by atoms with E-state index in [9.17, 15) is 14.7 Å². The minimum absolute atomic E-state index is 0.0306. The second-order valence-electron chi connectivity index (χ2n) is 4.93. The molecule has 1 saturated heterocycles. The number of piperidine rings is 1. The van der Waals surface area contributed by atoms with E-state index in [4.69, 9.17) is 0 Å². The number of hydrogen-bond donors (Lipinski definition) is 2. The van der Waals surface area contributed by atoms with Crippen molar-refractivity contribution in [2.45, 2.75) is 25.8 Å². The minimum Gasteiger partial charge on any atom is -0.508 e. The number of hydrogen-bond acceptors (Lipinski definition) is 3. The molecule has 2 rings (SSSR count). The summed E-state index contributed by atoms with van der Waals surface area (Å²) in [6.07, 6.45) is 1.12. The van der Waals surface area contributed by atoms with Crippen LogP contribution < -0.4 is 5.32 Å². The molecule has 1 atom stereocenters. The second kappa shape index (κ2) is 5.30. The van der Waals surface area contributed by atoms with Crippen LogP contribution >= 0.6 is 0 Å². The molecule has 0 bridgehead atoms. The van der Waals surface area contributed by atoms with E-state index in [-0.39, 0.29) is 23.6 Å².